The second-order valence-electron chi connectivity index (χ2n) is 6.64. The number of carbonyl (C=O) groups is 1. The molecular formula is C21H23N3O2. The highest BCUT2D eigenvalue weighted by Gasteiger charge is 2.30. The monoisotopic (exact) mass is 349 g/mol. The van der Waals surface area contributed by atoms with Gasteiger partial charge in [-0.15, -0.1) is 0 Å². The SMILES string of the molecule is CCOc1ccc(C2CCCN2C(=O)Cc2c[nH]c3ncccc23)cc1. The van der Waals surface area contributed by atoms with E-state index in [1.807, 2.05) is 42.3 Å². The Morgan fingerprint density at radius 3 is 2.96 bits per heavy atom. The summed E-state index contributed by atoms with van der Waals surface area (Å²) in [6.45, 7) is 3.45. The fourth-order valence-corrected chi connectivity index (χ4v) is 3.79. The number of rotatable bonds is 5. The van der Waals surface area contributed by atoms with E-state index in [0.717, 1.165) is 41.7 Å². The third-order valence-corrected chi connectivity index (χ3v) is 5.03. The summed E-state index contributed by atoms with van der Waals surface area (Å²) >= 11 is 0. The largest absolute Gasteiger partial charge is 0.494 e. The Bertz CT molecular complexity index is 901. The second kappa shape index (κ2) is 7.20. The van der Waals surface area contributed by atoms with Crippen molar-refractivity contribution >= 4 is 16.9 Å². The number of likely N-dealkylation sites (tertiary alicyclic amines) is 1. The lowest BCUT2D eigenvalue weighted by Crippen LogP contribution is -2.31. The Morgan fingerprint density at radius 1 is 1.31 bits per heavy atom. The molecule has 1 atom stereocenters. The first-order chi connectivity index (χ1) is 12.8. The van der Waals surface area contributed by atoms with Gasteiger partial charge in [-0.25, -0.2) is 4.98 Å². The van der Waals surface area contributed by atoms with Gasteiger partial charge in [0.2, 0.25) is 5.91 Å². The van der Waals surface area contributed by atoms with Crippen LogP contribution in [-0.4, -0.2) is 33.9 Å². The number of H-pyrrole nitrogens is 1. The number of hydrogen-bond acceptors (Lipinski definition) is 3. The maximum atomic E-state index is 13.0. The third kappa shape index (κ3) is 3.17. The zero-order valence-corrected chi connectivity index (χ0v) is 14.9. The van der Waals surface area contributed by atoms with Gasteiger partial charge in [-0.05, 0) is 55.2 Å². The van der Waals surface area contributed by atoms with Crippen LogP contribution in [-0.2, 0) is 11.2 Å². The Labute approximate surface area is 153 Å². The Hall–Kier alpha value is -2.82. The van der Waals surface area contributed by atoms with Crippen molar-refractivity contribution in [2.45, 2.75) is 32.2 Å². The second-order valence-corrected chi connectivity index (χ2v) is 6.64. The number of hydrogen-bond donors (Lipinski definition) is 1. The number of fused-ring (bicyclic) bond motifs is 1. The molecule has 1 unspecified atom stereocenters. The van der Waals surface area contributed by atoms with Gasteiger partial charge in [0.05, 0.1) is 19.1 Å². The standard InChI is InChI=1S/C21H23N3O2/c1-2-26-17-9-7-15(8-10-17)19-6-4-12-24(19)20(25)13-16-14-23-21-18(16)5-3-11-22-21/h3,5,7-11,14,19H,2,4,6,12-13H2,1H3,(H,22,23). The van der Waals surface area contributed by atoms with Crippen molar-refractivity contribution in [1.82, 2.24) is 14.9 Å². The van der Waals surface area contributed by atoms with E-state index in [2.05, 4.69) is 22.1 Å². The maximum absolute atomic E-state index is 13.0. The van der Waals surface area contributed by atoms with Gasteiger partial charge in [-0.3, -0.25) is 4.79 Å². The first kappa shape index (κ1) is 16.6. The molecule has 1 saturated heterocycles. The van der Waals surface area contributed by atoms with Gasteiger partial charge in [0.1, 0.15) is 11.4 Å². The summed E-state index contributed by atoms with van der Waals surface area (Å²) in [6, 6.07) is 12.2. The molecule has 0 spiro atoms. The minimum Gasteiger partial charge on any atom is -0.494 e. The predicted octanol–water partition coefficient (Wildman–Crippen LogP) is 3.87. The topological polar surface area (TPSA) is 58.2 Å². The number of aromatic nitrogens is 2. The van der Waals surface area contributed by atoms with Crippen LogP contribution in [0.1, 0.15) is 36.9 Å². The number of nitrogens with zero attached hydrogens (tertiary/aromatic N) is 2. The minimum atomic E-state index is 0.154. The lowest BCUT2D eigenvalue weighted by Gasteiger charge is -2.25. The average Bonchev–Trinajstić information content (AvgIpc) is 3.30. The highest BCUT2D eigenvalue weighted by molar-refractivity contribution is 5.87. The van der Waals surface area contributed by atoms with Crippen molar-refractivity contribution in [2.24, 2.45) is 0 Å². The van der Waals surface area contributed by atoms with Crippen molar-refractivity contribution < 1.29 is 9.53 Å². The molecule has 26 heavy (non-hydrogen) atoms. The summed E-state index contributed by atoms with van der Waals surface area (Å²) in [6.07, 6.45) is 6.11. The number of nitrogens with one attached hydrogen (secondary N) is 1. The summed E-state index contributed by atoms with van der Waals surface area (Å²) in [5.41, 5.74) is 3.02. The molecule has 4 rings (SSSR count). The summed E-state index contributed by atoms with van der Waals surface area (Å²) in [7, 11) is 0. The minimum absolute atomic E-state index is 0.154. The van der Waals surface area contributed by atoms with Crippen molar-refractivity contribution in [1.29, 1.82) is 0 Å². The quantitative estimate of drug-likeness (QED) is 0.761. The smallest absolute Gasteiger partial charge is 0.227 e. The molecule has 5 nitrogen and oxygen atoms in total. The van der Waals surface area contributed by atoms with E-state index in [1.54, 1.807) is 6.20 Å². The van der Waals surface area contributed by atoms with Crippen LogP contribution in [0.25, 0.3) is 11.0 Å². The molecule has 1 amide bonds. The van der Waals surface area contributed by atoms with Gasteiger partial charge < -0.3 is 14.6 Å². The fourth-order valence-electron chi connectivity index (χ4n) is 3.79. The maximum Gasteiger partial charge on any atom is 0.227 e. The number of amides is 1. The van der Waals surface area contributed by atoms with E-state index in [-0.39, 0.29) is 11.9 Å². The normalized spacial score (nSPS) is 17.0. The molecule has 1 fully saturated rings. The van der Waals surface area contributed by atoms with Crippen LogP contribution < -0.4 is 4.74 Å². The molecule has 0 radical (unpaired) electrons. The Kier molecular flexibility index (Phi) is 4.61. The fraction of sp³-hybridized carbons (Fsp3) is 0.333. The summed E-state index contributed by atoms with van der Waals surface area (Å²) in [4.78, 5) is 22.4. The Balaban J connectivity index is 1.51. The molecule has 134 valence electrons. The van der Waals surface area contributed by atoms with Crippen molar-refractivity contribution in [2.75, 3.05) is 13.2 Å². The van der Waals surface area contributed by atoms with E-state index < -0.39 is 0 Å². The van der Waals surface area contributed by atoms with Crippen molar-refractivity contribution in [3.8, 4) is 5.75 Å². The van der Waals surface area contributed by atoms with Gasteiger partial charge in [-0.1, -0.05) is 12.1 Å². The van der Waals surface area contributed by atoms with Crippen molar-refractivity contribution in [3.63, 3.8) is 0 Å². The highest BCUT2D eigenvalue weighted by atomic mass is 16.5. The summed E-state index contributed by atoms with van der Waals surface area (Å²) in [5.74, 6) is 1.05. The van der Waals surface area contributed by atoms with Gasteiger partial charge in [0.15, 0.2) is 0 Å². The molecule has 5 heteroatoms. The zero-order valence-electron chi connectivity index (χ0n) is 14.9. The summed E-state index contributed by atoms with van der Waals surface area (Å²) in [5, 5.41) is 1.03. The van der Waals surface area contributed by atoms with Crippen LogP contribution >= 0.6 is 0 Å². The van der Waals surface area contributed by atoms with Gasteiger partial charge in [0.25, 0.3) is 0 Å². The number of carbonyl (C=O) groups excluding carboxylic acids is 1. The molecule has 1 N–H and O–H groups in total. The van der Waals surface area contributed by atoms with Crippen LogP contribution in [0.3, 0.4) is 0 Å². The Morgan fingerprint density at radius 2 is 2.15 bits per heavy atom. The number of ether oxygens (including phenoxy) is 1. The molecule has 1 aliphatic heterocycles. The van der Waals surface area contributed by atoms with E-state index in [0.29, 0.717) is 13.0 Å². The van der Waals surface area contributed by atoms with E-state index in [4.69, 9.17) is 4.74 Å². The lowest BCUT2D eigenvalue weighted by molar-refractivity contribution is -0.131. The van der Waals surface area contributed by atoms with E-state index >= 15 is 0 Å². The number of aromatic amines is 1. The summed E-state index contributed by atoms with van der Waals surface area (Å²) < 4.78 is 5.52. The first-order valence-corrected chi connectivity index (χ1v) is 9.19. The van der Waals surface area contributed by atoms with E-state index in [9.17, 15) is 4.79 Å². The molecule has 0 aliphatic carbocycles. The van der Waals surface area contributed by atoms with Crippen LogP contribution in [0, 0.1) is 0 Å². The predicted molar refractivity (Wildman–Crippen MR) is 101 cm³/mol. The van der Waals surface area contributed by atoms with Gasteiger partial charge in [0, 0.05) is 24.3 Å². The first-order valence-electron chi connectivity index (χ1n) is 9.19. The average molecular weight is 349 g/mol. The van der Waals surface area contributed by atoms with Crippen LogP contribution in [0.5, 0.6) is 5.75 Å². The molecule has 0 bridgehead atoms. The zero-order chi connectivity index (χ0) is 17.9. The van der Waals surface area contributed by atoms with Crippen molar-refractivity contribution in [3.05, 3.63) is 59.9 Å². The molecule has 1 aliphatic rings. The molecule has 2 aromatic heterocycles. The molecule has 3 heterocycles. The van der Waals surface area contributed by atoms with Crippen LogP contribution in [0.4, 0.5) is 0 Å². The highest BCUT2D eigenvalue weighted by Crippen LogP contribution is 2.33. The van der Waals surface area contributed by atoms with Gasteiger partial charge >= 0.3 is 0 Å². The lowest BCUT2D eigenvalue weighted by atomic mass is 10.0. The number of benzene rings is 1. The molecular weight excluding hydrogens is 326 g/mol. The van der Waals surface area contributed by atoms with Crippen LogP contribution in [0.2, 0.25) is 0 Å². The molecule has 0 saturated carbocycles. The van der Waals surface area contributed by atoms with Crippen LogP contribution in [0.15, 0.2) is 48.8 Å². The number of pyridine rings is 1. The van der Waals surface area contributed by atoms with E-state index in [1.165, 1.54) is 5.56 Å². The van der Waals surface area contributed by atoms with Gasteiger partial charge in [-0.2, -0.15) is 0 Å². The molecule has 1 aromatic carbocycles. The molecule has 3 aromatic rings. The third-order valence-electron chi connectivity index (χ3n) is 5.03.